The van der Waals surface area contributed by atoms with Crippen molar-refractivity contribution in [3.63, 3.8) is 0 Å². The standard InChI is InChI=1S/C11H10Br2FNO/c12-8-2-1-5-15(11(8)16)7-3-4-10(14)9(13)6-7/h3-4,6,8H,1-2,5H2. The largest absolute Gasteiger partial charge is 0.311 e. The van der Waals surface area contributed by atoms with Crippen molar-refractivity contribution in [1.82, 2.24) is 0 Å². The molecule has 86 valence electrons. The zero-order chi connectivity index (χ0) is 11.7. The second kappa shape index (κ2) is 4.84. The predicted octanol–water partition coefficient (Wildman–Crippen LogP) is 3.48. The maximum Gasteiger partial charge on any atom is 0.240 e. The van der Waals surface area contributed by atoms with Crippen molar-refractivity contribution in [3.05, 3.63) is 28.5 Å². The van der Waals surface area contributed by atoms with Gasteiger partial charge in [0.1, 0.15) is 5.82 Å². The van der Waals surface area contributed by atoms with Crippen LogP contribution in [-0.4, -0.2) is 17.3 Å². The molecule has 1 atom stereocenters. The molecule has 0 aliphatic carbocycles. The van der Waals surface area contributed by atoms with Crippen LogP contribution in [0.4, 0.5) is 10.1 Å². The number of piperidine rings is 1. The first-order valence-corrected chi connectivity index (χ1v) is 6.71. The summed E-state index contributed by atoms with van der Waals surface area (Å²) in [6.07, 6.45) is 1.81. The van der Waals surface area contributed by atoms with Crippen LogP contribution < -0.4 is 4.90 Å². The highest BCUT2D eigenvalue weighted by atomic mass is 79.9. The second-order valence-corrected chi connectivity index (χ2v) is 5.66. The van der Waals surface area contributed by atoms with Crippen LogP contribution in [-0.2, 0) is 4.79 Å². The maximum absolute atomic E-state index is 13.1. The smallest absolute Gasteiger partial charge is 0.240 e. The lowest BCUT2D eigenvalue weighted by atomic mass is 10.1. The van der Waals surface area contributed by atoms with Crippen molar-refractivity contribution in [1.29, 1.82) is 0 Å². The third-order valence-corrected chi connectivity index (χ3v) is 4.05. The molecule has 0 spiro atoms. The minimum absolute atomic E-state index is 0.0461. The van der Waals surface area contributed by atoms with Crippen LogP contribution in [0.15, 0.2) is 22.7 Å². The number of nitrogens with zero attached hydrogens (tertiary/aromatic N) is 1. The first-order valence-electron chi connectivity index (χ1n) is 5.00. The molecule has 1 amide bonds. The average Bonchev–Trinajstić information content (AvgIpc) is 2.26. The Morgan fingerprint density at radius 1 is 1.44 bits per heavy atom. The van der Waals surface area contributed by atoms with Gasteiger partial charge in [-0.1, -0.05) is 15.9 Å². The van der Waals surface area contributed by atoms with Crippen molar-refractivity contribution >= 4 is 43.5 Å². The molecule has 2 rings (SSSR count). The molecule has 1 aromatic carbocycles. The van der Waals surface area contributed by atoms with Crippen molar-refractivity contribution in [2.24, 2.45) is 0 Å². The van der Waals surface area contributed by atoms with E-state index in [-0.39, 0.29) is 16.6 Å². The van der Waals surface area contributed by atoms with Gasteiger partial charge in [0.15, 0.2) is 0 Å². The average molecular weight is 351 g/mol. The molecule has 1 fully saturated rings. The summed E-state index contributed by atoms with van der Waals surface area (Å²) in [5, 5.41) is 0. The first-order chi connectivity index (χ1) is 7.59. The summed E-state index contributed by atoms with van der Waals surface area (Å²) in [7, 11) is 0. The van der Waals surface area contributed by atoms with E-state index in [4.69, 9.17) is 0 Å². The second-order valence-electron chi connectivity index (χ2n) is 3.70. The van der Waals surface area contributed by atoms with E-state index in [1.165, 1.54) is 6.07 Å². The lowest BCUT2D eigenvalue weighted by Crippen LogP contribution is -2.41. The monoisotopic (exact) mass is 349 g/mol. The fraction of sp³-hybridized carbons (Fsp3) is 0.364. The molecule has 1 saturated heterocycles. The summed E-state index contributed by atoms with van der Waals surface area (Å²) < 4.78 is 13.5. The Balaban J connectivity index is 2.29. The highest BCUT2D eigenvalue weighted by molar-refractivity contribution is 9.10. The Morgan fingerprint density at radius 3 is 2.88 bits per heavy atom. The van der Waals surface area contributed by atoms with Crippen molar-refractivity contribution < 1.29 is 9.18 Å². The molecular weight excluding hydrogens is 341 g/mol. The number of halogens is 3. The Bertz CT molecular complexity index is 424. The fourth-order valence-electron chi connectivity index (χ4n) is 1.74. The van der Waals surface area contributed by atoms with E-state index >= 15 is 0 Å². The van der Waals surface area contributed by atoms with Gasteiger partial charge in [0, 0.05) is 12.2 Å². The topological polar surface area (TPSA) is 20.3 Å². The van der Waals surface area contributed by atoms with Crippen LogP contribution in [0.5, 0.6) is 0 Å². The fourth-order valence-corrected chi connectivity index (χ4v) is 2.68. The van der Waals surface area contributed by atoms with Gasteiger partial charge in [0.05, 0.1) is 9.30 Å². The predicted molar refractivity (Wildman–Crippen MR) is 68.4 cm³/mol. The first kappa shape index (κ1) is 12.0. The zero-order valence-electron chi connectivity index (χ0n) is 8.42. The third kappa shape index (κ3) is 2.30. The number of rotatable bonds is 1. The van der Waals surface area contributed by atoms with Crippen LogP contribution in [0.1, 0.15) is 12.8 Å². The number of alkyl halides is 1. The summed E-state index contributed by atoms with van der Waals surface area (Å²) in [5.74, 6) is -0.270. The van der Waals surface area contributed by atoms with Crippen LogP contribution in [0.3, 0.4) is 0 Å². The van der Waals surface area contributed by atoms with Crippen molar-refractivity contribution in [2.45, 2.75) is 17.7 Å². The number of carbonyl (C=O) groups excluding carboxylic acids is 1. The molecule has 2 nitrogen and oxygen atoms in total. The minimum Gasteiger partial charge on any atom is -0.311 e. The number of hydrogen-bond donors (Lipinski definition) is 0. The van der Waals surface area contributed by atoms with E-state index in [9.17, 15) is 9.18 Å². The Hall–Kier alpha value is -0.420. The number of amides is 1. The van der Waals surface area contributed by atoms with Gasteiger partial charge < -0.3 is 4.90 Å². The number of carbonyl (C=O) groups is 1. The summed E-state index contributed by atoms with van der Waals surface area (Å²) in [4.78, 5) is 13.5. The van der Waals surface area contributed by atoms with Gasteiger partial charge >= 0.3 is 0 Å². The molecule has 1 aliphatic rings. The van der Waals surface area contributed by atoms with Crippen LogP contribution in [0, 0.1) is 5.82 Å². The van der Waals surface area contributed by atoms with Crippen molar-refractivity contribution in [3.8, 4) is 0 Å². The maximum atomic E-state index is 13.1. The van der Waals surface area contributed by atoms with Crippen LogP contribution in [0.2, 0.25) is 0 Å². The van der Waals surface area contributed by atoms with Gasteiger partial charge in [-0.25, -0.2) is 4.39 Å². The van der Waals surface area contributed by atoms with Gasteiger partial charge in [-0.05, 0) is 47.0 Å². The molecule has 1 unspecified atom stereocenters. The Labute approximate surface area is 110 Å². The SMILES string of the molecule is O=C1C(Br)CCCN1c1ccc(F)c(Br)c1. The van der Waals surface area contributed by atoms with Crippen molar-refractivity contribution in [2.75, 3.05) is 11.4 Å². The molecule has 1 aliphatic heterocycles. The number of anilines is 1. The summed E-state index contributed by atoms with van der Waals surface area (Å²) in [5.41, 5.74) is 0.738. The highest BCUT2D eigenvalue weighted by Gasteiger charge is 2.27. The third-order valence-electron chi connectivity index (χ3n) is 2.59. The molecule has 16 heavy (non-hydrogen) atoms. The normalized spacial score (nSPS) is 21.3. The van der Waals surface area contributed by atoms with Gasteiger partial charge in [-0.3, -0.25) is 4.79 Å². The zero-order valence-corrected chi connectivity index (χ0v) is 11.6. The summed E-state index contributed by atoms with van der Waals surface area (Å²) >= 11 is 6.47. The molecule has 1 heterocycles. The van der Waals surface area contributed by atoms with Crippen LogP contribution >= 0.6 is 31.9 Å². The van der Waals surface area contributed by atoms with Gasteiger partial charge in [0.2, 0.25) is 5.91 Å². The molecule has 0 radical (unpaired) electrons. The van der Waals surface area contributed by atoms with Gasteiger partial charge in [-0.15, -0.1) is 0 Å². The van der Waals surface area contributed by atoms with E-state index < -0.39 is 0 Å². The Kier molecular flexibility index (Phi) is 3.64. The molecule has 0 aromatic heterocycles. The van der Waals surface area contributed by atoms with E-state index in [0.29, 0.717) is 11.0 Å². The molecular formula is C11H10Br2FNO. The molecule has 0 saturated carbocycles. The summed E-state index contributed by atoms with van der Waals surface area (Å²) in [6, 6.07) is 4.63. The van der Waals surface area contributed by atoms with Gasteiger partial charge in [-0.2, -0.15) is 0 Å². The molecule has 5 heteroatoms. The molecule has 0 N–H and O–H groups in total. The summed E-state index contributed by atoms with van der Waals surface area (Å²) in [6.45, 7) is 0.693. The van der Waals surface area contributed by atoms with Crippen LogP contribution in [0.25, 0.3) is 0 Å². The number of hydrogen-bond acceptors (Lipinski definition) is 1. The molecule has 0 bridgehead atoms. The quantitative estimate of drug-likeness (QED) is 0.710. The molecule has 1 aromatic rings. The van der Waals surface area contributed by atoms with E-state index in [0.717, 1.165) is 18.5 Å². The van der Waals surface area contributed by atoms with E-state index in [1.807, 2.05) is 0 Å². The van der Waals surface area contributed by atoms with E-state index in [1.54, 1.807) is 17.0 Å². The lowest BCUT2D eigenvalue weighted by Gasteiger charge is -2.29. The highest BCUT2D eigenvalue weighted by Crippen LogP contribution is 2.28. The van der Waals surface area contributed by atoms with Gasteiger partial charge in [0.25, 0.3) is 0 Å². The minimum atomic E-state index is -0.316. The Morgan fingerprint density at radius 2 is 2.19 bits per heavy atom. The number of benzene rings is 1. The lowest BCUT2D eigenvalue weighted by molar-refractivity contribution is -0.118. The van der Waals surface area contributed by atoms with E-state index in [2.05, 4.69) is 31.9 Å².